The van der Waals surface area contributed by atoms with Gasteiger partial charge in [0, 0.05) is 50.0 Å². The van der Waals surface area contributed by atoms with Crippen molar-refractivity contribution in [3.05, 3.63) is 70.8 Å². The van der Waals surface area contributed by atoms with Gasteiger partial charge >= 0.3 is 0 Å². The summed E-state index contributed by atoms with van der Waals surface area (Å²) < 4.78 is 56.7. The molecule has 2 heterocycles. The standard InChI is InChI=1S/C24H26F4N2O2.ClH/c1-13-11-30(12-14(2)24(13,32)22-19(26)4-3-5-20(22)27)23(31)18-10-29-9-17(18)16-7-6-15(25)8-21(16)28;/h3-8,13-14,17-18,29,32H,9-12H2,1-2H3;1H/t13-,14+,17-,18+,24+;/m0./s1. The van der Waals surface area contributed by atoms with E-state index in [0.29, 0.717) is 13.1 Å². The number of nitrogens with one attached hydrogen (secondary N) is 1. The average molecular weight is 487 g/mol. The molecular formula is C24H27ClF4N2O2. The van der Waals surface area contributed by atoms with Crippen LogP contribution in [0.5, 0.6) is 0 Å². The Morgan fingerprint density at radius 2 is 1.61 bits per heavy atom. The van der Waals surface area contributed by atoms with Crippen LogP contribution in [0.2, 0.25) is 0 Å². The summed E-state index contributed by atoms with van der Waals surface area (Å²) in [5.74, 6) is -5.55. The third kappa shape index (κ3) is 4.36. The molecule has 1 amide bonds. The monoisotopic (exact) mass is 486 g/mol. The third-order valence-electron chi connectivity index (χ3n) is 7.06. The molecule has 2 N–H and O–H groups in total. The fourth-order valence-electron chi connectivity index (χ4n) is 5.35. The summed E-state index contributed by atoms with van der Waals surface area (Å²) >= 11 is 0. The summed E-state index contributed by atoms with van der Waals surface area (Å²) in [5.41, 5.74) is -1.87. The van der Waals surface area contributed by atoms with E-state index in [4.69, 9.17) is 0 Å². The van der Waals surface area contributed by atoms with E-state index in [1.165, 1.54) is 18.2 Å². The Balaban J connectivity index is 0.00000306. The molecule has 2 aromatic carbocycles. The lowest BCUT2D eigenvalue weighted by molar-refractivity contribution is -0.153. The van der Waals surface area contributed by atoms with Gasteiger partial charge in [-0.1, -0.05) is 26.0 Å². The van der Waals surface area contributed by atoms with E-state index < -0.39 is 52.5 Å². The molecular weight excluding hydrogens is 460 g/mol. The zero-order valence-corrected chi connectivity index (χ0v) is 19.1. The van der Waals surface area contributed by atoms with Crippen molar-refractivity contribution in [1.82, 2.24) is 10.2 Å². The minimum Gasteiger partial charge on any atom is -0.384 e. The maximum absolute atomic E-state index is 14.5. The molecule has 33 heavy (non-hydrogen) atoms. The van der Waals surface area contributed by atoms with Crippen molar-refractivity contribution in [2.45, 2.75) is 25.4 Å². The Labute approximate surface area is 196 Å². The van der Waals surface area contributed by atoms with Gasteiger partial charge in [-0.3, -0.25) is 4.79 Å². The largest absolute Gasteiger partial charge is 0.384 e. The summed E-state index contributed by atoms with van der Waals surface area (Å²) in [4.78, 5) is 15.0. The van der Waals surface area contributed by atoms with E-state index in [9.17, 15) is 27.5 Å². The maximum atomic E-state index is 14.5. The summed E-state index contributed by atoms with van der Waals surface area (Å²) in [6, 6.07) is 6.81. The fraction of sp³-hybridized carbons (Fsp3) is 0.458. The van der Waals surface area contributed by atoms with E-state index in [1.54, 1.807) is 18.7 Å². The molecule has 2 aliphatic rings. The van der Waals surface area contributed by atoms with Crippen LogP contribution in [-0.2, 0) is 10.4 Å². The van der Waals surface area contributed by atoms with E-state index in [0.717, 1.165) is 18.2 Å². The smallest absolute Gasteiger partial charge is 0.227 e. The number of halogens is 5. The van der Waals surface area contributed by atoms with E-state index >= 15 is 0 Å². The number of carbonyl (C=O) groups is 1. The zero-order valence-electron chi connectivity index (χ0n) is 18.3. The third-order valence-corrected chi connectivity index (χ3v) is 7.06. The molecule has 2 fully saturated rings. The van der Waals surface area contributed by atoms with Gasteiger partial charge in [-0.05, 0) is 23.8 Å². The van der Waals surface area contributed by atoms with Gasteiger partial charge in [0.1, 0.15) is 28.9 Å². The molecule has 2 aromatic rings. The molecule has 2 saturated heterocycles. The first-order valence-electron chi connectivity index (χ1n) is 10.8. The second-order valence-electron chi connectivity index (χ2n) is 9.00. The van der Waals surface area contributed by atoms with Crippen molar-refractivity contribution in [3.8, 4) is 0 Å². The van der Waals surface area contributed by atoms with Crippen molar-refractivity contribution in [3.63, 3.8) is 0 Å². The summed E-state index contributed by atoms with van der Waals surface area (Å²) in [5, 5.41) is 14.5. The lowest BCUT2D eigenvalue weighted by Gasteiger charge is -2.48. The first kappa shape index (κ1) is 25.5. The van der Waals surface area contributed by atoms with Crippen LogP contribution in [0.25, 0.3) is 0 Å². The normalized spacial score (nSPS) is 29.6. The highest BCUT2D eigenvalue weighted by Crippen LogP contribution is 2.44. The van der Waals surface area contributed by atoms with Crippen LogP contribution < -0.4 is 5.32 Å². The molecule has 2 aliphatic heterocycles. The number of hydrogen-bond acceptors (Lipinski definition) is 3. The first-order chi connectivity index (χ1) is 15.1. The Bertz CT molecular complexity index is 1010. The number of rotatable bonds is 3. The Hall–Kier alpha value is -2.16. The number of benzene rings is 2. The molecule has 9 heteroatoms. The van der Waals surface area contributed by atoms with Gasteiger partial charge in [0.25, 0.3) is 0 Å². The number of piperidine rings is 1. The molecule has 0 aromatic heterocycles. The Morgan fingerprint density at radius 1 is 1.00 bits per heavy atom. The van der Waals surface area contributed by atoms with Crippen LogP contribution in [0.3, 0.4) is 0 Å². The van der Waals surface area contributed by atoms with E-state index in [1.807, 2.05) is 0 Å². The van der Waals surface area contributed by atoms with Crippen molar-refractivity contribution in [1.29, 1.82) is 0 Å². The highest BCUT2D eigenvalue weighted by atomic mass is 35.5. The minimum atomic E-state index is -1.78. The van der Waals surface area contributed by atoms with Crippen molar-refractivity contribution >= 4 is 18.3 Å². The molecule has 4 rings (SSSR count). The lowest BCUT2D eigenvalue weighted by Crippen LogP contribution is -2.57. The first-order valence-corrected chi connectivity index (χ1v) is 10.8. The number of likely N-dealkylation sites (tertiary alicyclic amines) is 1. The summed E-state index contributed by atoms with van der Waals surface area (Å²) in [6.45, 7) is 4.23. The molecule has 0 radical (unpaired) electrons. The van der Waals surface area contributed by atoms with Gasteiger partial charge in [-0.25, -0.2) is 17.6 Å². The van der Waals surface area contributed by atoms with Crippen LogP contribution >= 0.6 is 12.4 Å². The molecule has 0 saturated carbocycles. The summed E-state index contributed by atoms with van der Waals surface area (Å²) in [6.07, 6.45) is 0. The van der Waals surface area contributed by atoms with Crippen molar-refractivity contribution in [2.75, 3.05) is 26.2 Å². The van der Waals surface area contributed by atoms with Gasteiger partial charge < -0.3 is 15.3 Å². The number of nitrogens with zero attached hydrogens (tertiary/aromatic N) is 1. The molecule has 0 unspecified atom stereocenters. The minimum absolute atomic E-state index is 0. The average Bonchev–Trinajstić information content (AvgIpc) is 3.20. The highest BCUT2D eigenvalue weighted by molar-refractivity contribution is 5.85. The van der Waals surface area contributed by atoms with Crippen LogP contribution in [0.4, 0.5) is 17.6 Å². The Kier molecular flexibility index (Phi) is 7.41. The lowest BCUT2D eigenvalue weighted by atomic mass is 9.70. The van der Waals surface area contributed by atoms with Crippen LogP contribution in [0.1, 0.15) is 30.9 Å². The maximum Gasteiger partial charge on any atom is 0.227 e. The topological polar surface area (TPSA) is 52.6 Å². The van der Waals surface area contributed by atoms with Gasteiger partial charge in [-0.2, -0.15) is 0 Å². The van der Waals surface area contributed by atoms with Crippen molar-refractivity contribution in [2.24, 2.45) is 17.8 Å². The number of aliphatic hydroxyl groups is 1. The SMILES string of the molecule is C[C@@H]1CN(C(=O)[C@@H]2CNC[C@H]2c2ccc(F)cc2F)C[C@H](C)[C@]1(O)c1c(F)cccc1F.Cl. The summed E-state index contributed by atoms with van der Waals surface area (Å²) in [7, 11) is 0. The number of amides is 1. The fourth-order valence-corrected chi connectivity index (χ4v) is 5.35. The second kappa shape index (κ2) is 9.60. The zero-order chi connectivity index (χ0) is 23.2. The number of carbonyl (C=O) groups excluding carboxylic acids is 1. The highest BCUT2D eigenvalue weighted by Gasteiger charge is 2.50. The second-order valence-corrected chi connectivity index (χ2v) is 9.00. The predicted molar refractivity (Wildman–Crippen MR) is 118 cm³/mol. The Morgan fingerprint density at radius 3 is 2.18 bits per heavy atom. The van der Waals surface area contributed by atoms with E-state index in [-0.39, 0.29) is 42.5 Å². The van der Waals surface area contributed by atoms with Gasteiger partial charge in [0.2, 0.25) is 5.91 Å². The number of hydrogen-bond donors (Lipinski definition) is 2. The van der Waals surface area contributed by atoms with Gasteiger partial charge in [0.15, 0.2) is 0 Å². The van der Waals surface area contributed by atoms with Gasteiger partial charge in [0.05, 0.1) is 11.5 Å². The van der Waals surface area contributed by atoms with Crippen LogP contribution in [0.15, 0.2) is 36.4 Å². The van der Waals surface area contributed by atoms with Crippen LogP contribution in [-0.4, -0.2) is 42.1 Å². The van der Waals surface area contributed by atoms with Crippen LogP contribution in [0, 0.1) is 41.0 Å². The quantitative estimate of drug-likeness (QED) is 0.646. The van der Waals surface area contributed by atoms with Gasteiger partial charge in [-0.15, -0.1) is 12.4 Å². The molecule has 0 bridgehead atoms. The molecule has 180 valence electrons. The molecule has 5 atom stereocenters. The van der Waals surface area contributed by atoms with E-state index in [2.05, 4.69) is 5.32 Å². The molecule has 4 nitrogen and oxygen atoms in total. The molecule has 0 aliphatic carbocycles. The van der Waals surface area contributed by atoms with Crippen molar-refractivity contribution < 1.29 is 27.5 Å². The predicted octanol–water partition coefficient (Wildman–Crippen LogP) is 3.97. The molecule has 0 spiro atoms.